The number of amides is 4. The Morgan fingerprint density at radius 3 is 1.29 bits per heavy atom. The number of piperazine rings is 2. The zero-order valence-electron chi connectivity index (χ0n) is 47.8. The third-order valence-electron chi connectivity index (χ3n) is 14.1. The Balaban J connectivity index is 0.000000205. The van der Waals surface area contributed by atoms with Gasteiger partial charge in [-0.1, -0.05) is 91.8 Å². The Morgan fingerprint density at radius 2 is 0.872 bits per heavy atom. The van der Waals surface area contributed by atoms with Crippen molar-refractivity contribution >= 4 is 127 Å². The summed E-state index contributed by atoms with van der Waals surface area (Å²) in [5, 5.41) is 24.7. The van der Waals surface area contributed by atoms with Crippen LogP contribution in [0.25, 0.3) is 0 Å². The van der Waals surface area contributed by atoms with Crippen LogP contribution in [0.2, 0.25) is 10.0 Å². The summed E-state index contributed by atoms with van der Waals surface area (Å²) in [4.78, 5) is 78.6. The smallest absolute Gasteiger partial charge is 0.261 e. The number of benzene rings is 6. The molecule has 2 aromatic heterocycles. The van der Waals surface area contributed by atoms with Gasteiger partial charge in [-0.15, -0.1) is 0 Å². The molecular formula is C64H66Cl2N16O4. The van der Waals surface area contributed by atoms with Gasteiger partial charge in [0.05, 0.1) is 38.5 Å². The molecule has 0 spiro atoms. The lowest BCUT2D eigenvalue weighted by molar-refractivity contribution is -0.112. The largest absolute Gasteiger partial charge is 0.369 e. The van der Waals surface area contributed by atoms with Gasteiger partial charge in [0, 0.05) is 93.2 Å². The van der Waals surface area contributed by atoms with Crippen molar-refractivity contribution in [2.24, 2.45) is 0 Å². The topological polar surface area (TPSA) is 229 Å². The fraction of sp³-hybridized carbons (Fsp3) is 0.188. The van der Waals surface area contributed by atoms with Gasteiger partial charge in [-0.2, -0.15) is 9.97 Å². The summed E-state index contributed by atoms with van der Waals surface area (Å²) < 4.78 is 0. The molecule has 10 rings (SSSR count). The molecule has 2 fully saturated rings. The molecular weight excluding hydrogens is 1130 g/mol. The highest BCUT2D eigenvalue weighted by Crippen LogP contribution is 2.34. The van der Waals surface area contributed by atoms with Crippen LogP contribution < -0.4 is 52.3 Å². The van der Waals surface area contributed by atoms with Gasteiger partial charge in [0.15, 0.2) is 0 Å². The van der Waals surface area contributed by atoms with E-state index in [2.05, 4.69) is 134 Å². The maximum absolute atomic E-state index is 13.5. The number of aromatic nitrogens is 4. The second-order valence-corrected chi connectivity index (χ2v) is 20.9. The van der Waals surface area contributed by atoms with Crippen molar-refractivity contribution in [3.8, 4) is 0 Å². The van der Waals surface area contributed by atoms with Gasteiger partial charge >= 0.3 is 0 Å². The van der Waals surface area contributed by atoms with Crippen LogP contribution in [0.4, 0.5) is 80.4 Å². The highest BCUT2D eigenvalue weighted by atomic mass is 35.5. The number of carbonyl (C=O) groups is 4. The number of hydrogen-bond donors (Lipinski definition) is 8. The van der Waals surface area contributed by atoms with Crippen molar-refractivity contribution in [1.82, 2.24) is 29.7 Å². The van der Waals surface area contributed by atoms with Crippen LogP contribution in [-0.2, 0) is 16.0 Å². The van der Waals surface area contributed by atoms with Crippen molar-refractivity contribution in [2.45, 2.75) is 13.3 Å². The molecule has 4 heterocycles. The van der Waals surface area contributed by atoms with E-state index in [1.165, 1.54) is 30.2 Å². The zero-order valence-corrected chi connectivity index (χ0v) is 49.3. The van der Waals surface area contributed by atoms with Gasteiger partial charge in [0.1, 0.15) is 22.8 Å². The first kappa shape index (κ1) is 60.7. The van der Waals surface area contributed by atoms with E-state index in [0.717, 1.165) is 87.1 Å². The van der Waals surface area contributed by atoms with Crippen LogP contribution in [-0.4, -0.2) is 120 Å². The van der Waals surface area contributed by atoms with Crippen molar-refractivity contribution < 1.29 is 19.2 Å². The molecule has 86 heavy (non-hydrogen) atoms. The highest BCUT2D eigenvalue weighted by Gasteiger charge is 2.22. The number of hydrogen-bond acceptors (Lipinski definition) is 16. The highest BCUT2D eigenvalue weighted by molar-refractivity contribution is 6.40. The number of rotatable bonds is 19. The molecule has 0 bridgehead atoms. The number of para-hydroxylation sites is 6. The number of halogens is 2. The lowest BCUT2D eigenvalue weighted by Gasteiger charge is -2.34. The zero-order chi connectivity index (χ0) is 60.5. The molecule has 0 aliphatic carbocycles. The molecule has 22 heteroatoms. The number of likely N-dealkylation sites (N-methyl/N-ethyl adjacent to an activating group) is 2. The number of nitrogens with zero attached hydrogens (tertiary/aromatic N) is 8. The molecule has 0 saturated carbocycles. The van der Waals surface area contributed by atoms with E-state index in [1.54, 1.807) is 60.7 Å². The molecule has 0 radical (unpaired) electrons. The average molecular weight is 1190 g/mol. The maximum atomic E-state index is 13.5. The predicted molar refractivity (Wildman–Crippen MR) is 348 cm³/mol. The van der Waals surface area contributed by atoms with Crippen molar-refractivity contribution in [1.29, 1.82) is 0 Å². The Bertz CT molecular complexity index is 3700. The van der Waals surface area contributed by atoms with Crippen LogP contribution in [0.15, 0.2) is 177 Å². The molecule has 2 aliphatic heterocycles. The molecule has 0 unspecified atom stereocenters. The van der Waals surface area contributed by atoms with E-state index in [4.69, 9.17) is 23.2 Å². The van der Waals surface area contributed by atoms with Crippen LogP contribution in [0.5, 0.6) is 0 Å². The van der Waals surface area contributed by atoms with Crippen LogP contribution >= 0.6 is 23.2 Å². The number of aryl methyl sites for hydroxylation is 1. The van der Waals surface area contributed by atoms with Crippen molar-refractivity contribution in [3.63, 3.8) is 0 Å². The minimum Gasteiger partial charge on any atom is -0.369 e. The summed E-state index contributed by atoms with van der Waals surface area (Å²) in [6, 6.07) is 43.0. The summed E-state index contributed by atoms with van der Waals surface area (Å²) >= 11 is 12.6. The molecule has 6 aromatic carbocycles. The Kier molecular flexibility index (Phi) is 20.5. The van der Waals surface area contributed by atoms with Crippen LogP contribution in [0, 0.1) is 0 Å². The van der Waals surface area contributed by atoms with Gasteiger partial charge in [-0.05, 0) is 129 Å². The predicted octanol–water partition coefficient (Wildman–Crippen LogP) is 12.1. The molecule has 440 valence electrons. The van der Waals surface area contributed by atoms with E-state index in [-0.39, 0.29) is 62.2 Å². The van der Waals surface area contributed by atoms with Crippen molar-refractivity contribution in [2.75, 3.05) is 119 Å². The SMILES string of the molecule is C=CC(=O)Nc1ccccc1Nc1nc(Nc2ccc(N3CCN(C)CC3)cc2)ncc1C(=O)Nc1c(Cl)cccc1Cl.C=CC(=O)Nc1ccccc1Nc1nc(Nc2ccc(N3CCN(C)CC3)cc2)ncc1C(=O)Nc1ccccc1CC. The van der Waals surface area contributed by atoms with Gasteiger partial charge in [0.25, 0.3) is 11.8 Å². The third kappa shape index (κ3) is 16.1. The summed E-state index contributed by atoms with van der Waals surface area (Å²) in [6.07, 6.45) is 6.03. The molecule has 2 aliphatic rings. The van der Waals surface area contributed by atoms with E-state index < -0.39 is 5.91 Å². The first-order valence-corrected chi connectivity index (χ1v) is 28.6. The number of carbonyl (C=O) groups excluding carboxylic acids is 4. The van der Waals surface area contributed by atoms with Gasteiger partial charge < -0.3 is 62.1 Å². The summed E-state index contributed by atoms with van der Waals surface area (Å²) in [5.74, 6) is -0.597. The quantitative estimate of drug-likeness (QED) is 0.0352. The molecule has 8 aromatic rings. The molecule has 4 amide bonds. The van der Waals surface area contributed by atoms with E-state index >= 15 is 0 Å². The fourth-order valence-corrected chi connectivity index (χ4v) is 9.76. The Labute approximate surface area is 509 Å². The van der Waals surface area contributed by atoms with E-state index in [0.29, 0.717) is 28.7 Å². The van der Waals surface area contributed by atoms with Crippen LogP contribution in [0.3, 0.4) is 0 Å². The van der Waals surface area contributed by atoms with Gasteiger partial charge in [0.2, 0.25) is 23.7 Å². The molecule has 8 N–H and O–H groups in total. The molecule has 2 saturated heterocycles. The van der Waals surface area contributed by atoms with Gasteiger partial charge in [-0.25, -0.2) is 9.97 Å². The first-order valence-electron chi connectivity index (χ1n) is 27.8. The minimum atomic E-state index is -0.534. The van der Waals surface area contributed by atoms with E-state index in [9.17, 15) is 19.2 Å². The second-order valence-electron chi connectivity index (χ2n) is 20.1. The molecule has 20 nitrogen and oxygen atoms in total. The summed E-state index contributed by atoms with van der Waals surface area (Å²) in [5.41, 5.74) is 8.33. The number of anilines is 14. The summed E-state index contributed by atoms with van der Waals surface area (Å²) in [6.45, 7) is 17.1. The lowest BCUT2D eigenvalue weighted by Crippen LogP contribution is -2.44. The molecule has 0 atom stereocenters. The lowest BCUT2D eigenvalue weighted by atomic mass is 10.1. The van der Waals surface area contributed by atoms with Crippen molar-refractivity contribution in [3.05, 3.63) is 204 Å². The standard InChI is InChI=1S/C33H36N8O2.C31H30Cl2N8O2/c1-4-23-10-6-7-11-27(23)38-32(43)26-22-34-33(35-24-14-16-25(17-15-24)41-20-18-40(3)19-21-41)39-31(26)37-29-13-9-8-12-28(29)36-30(42)5-2;1-3-27(42)36-25-9-4-5-10-26(25)37-29-22(30(43)38-28-23(32)7-6-8-24(28)33)19-34-31(39-29)35-20-11-13-21(14-12-20)41-17-15-40(2)16-18-41/h5-17,22H,2,4,18-21H2,1,3H3,(H,36,42)(H,38,43)(H2,34,35,37,39);3-14,19H,1,15-18H2,2H3,(H,36,42)(H,38,43)(H2,34,35,37,39). The number of nitrogens with one attached hydrogen (secondary N) is 8. The Morgan fingerprint density at radius 1 is 0.477 bits per heavy atom. The van der Waals surface area contributed by atoms with Gasteiger partial charge in [-0.3, -0.25) is 19.2 Å². The average Bonchev–Trinajstić information content (AvgIpc) is 3.65. The third-order valence-corrected chi connectivity index (χ3v) is 14.8. The minimum absolute atomic E-state index is 0.122. The monoisotopic (exact) mass is 1190 g/mol. The first-order chi connectivity index (χ1) is 41.7. The fourth-order valence-electron chi connectivity index (χ4n) is 9.27. The second kappa shape index (κ2) is 29.1. The maximum Gasteiger partial charge on any atom is 0.261 e. The van der Waals surface area contributed by atoms with Crippen LogP contribution in [0.1, 0.15) is 33.2 Å². The summed E-state index contributed by atoms with van der Waals surface area (Å²) in [7, 11) is 4.27. The normalized spacial score (nSPS) is 13.2. The Hall–Kier alpha value is -9.86. The van der Waals surface area contributed by atoms with E-state index in [1.807, 2.05) is 61.5 Å².